The van der Waals surface area contributed by atoms with E-state index in [1.54, 1.807) is 0 Å². The molecule has 0 aromatic heterocycles. The number of hydrogen-bond donors (Lipinski definition) is 2. The van der Waals surface area contributed by atoms with Gasteiger partial charge in [-0.15, -0.1) is 0 Å². The van der Waals surface area contributed by atoms with E-state index in [9.17, 15) is 15.0 Å². The first-order valence-corrected chi connectivity index (χ1v) is 28.8. The van der Waals surface area contributed by atoms with Gasteiger partial charge in [-0.25, -0.2) is 4.79 Å². The zero-order chi connectivity index (χ0) is 60.2. The highest BCUT2D eigenvalue weighted by Gasteiger charge is 2.27. The summed E-state index contributed by atoms with van der Waals surface area (Å²) in [6.45, 7) is 17.3. The zero-order valence-electron chi connectivity index (χ0n) is 50.0. The van der Waals surface area contributed by atoms with Crippen molar-refractivity contribution in [3.8, 4) is 46.0 Å². The van der Waals surface area contributed by atoms with E-state index in [-0.39, 0.29) is 69.1 Å². The van der Waals surface area contributed by atoms with Crippen LogP contribution in [0, 0.1) is 6.92 Å². The summed E-state index contributed by atoms with van der Waals surface area (Å²) in [7, 11) is 0. The molecular weight excluding hydrogens is 1070 g/mol. The summed E-state index contributed by atoms with van der Waals surface area (Å²) in [5.41, 5.74) is 5.67. The van der Waals surface area contributed by atoms with Crippen molar-refractivity contribution >= 4 is 6.16 Å². The van der Waals surface area contributed by atoms with Crippen LogP contribution in [-0.2, 0) is 25.7 Å². The van der Waals surface area contributed by atoms with Crippen LogP contribution in [0.4, 0.5) is 4.79 Å². The fourth-order valence-electron chi connectivity index (χ4n) is 9.08. The van der Waals surface area contributed by atoms with E-state index >= 15 is 0 Å². The first-order chi connectivity index (χ1) is 40.8. The lowest BCUT2D eigenvalue weighted by molar-refractivity contribution is -0.0436. The van der Waals surface area contributed by atoms with Crippen molar-refractivity contribution in [3.05, 3.63) is 240 Å². The van der Waals surface area contributed by atoms with Gasteiger partial charge in [0.05, 0.1) is 0 Å². The number of rotatable bonds is 30. The number of aryl methyl sites for hydroxylation is 1. The van der Waals surface area contributed by atoms with Gasteiger partial charge in [0, 0.05) is 10.8 Å². The summed E-state index contributed by atoms with van der Waals surface area (Å²) in [4.78, 5) is 13.9. The van der Waals surface area contributed by atoms with Crippen LogP contribution >= 0.6 is 0 Å². The Morgan fingerprint density at radius 2 is 0.541 bits per heavy atom. The third-order valence-electron chi connectivity index (χ3n) is 14.6. The molecule has 8 aromatic rings. The van der Waals surface area contributed by atoms with Crippen LogP contribution in [0.5, 0.6) is 46.0 Å². The van der Waals surface area contributed by atoms with Crippen LogP contribution in [0.15, 0.2) is 206 Å². The van der Waals surface area contributed by atoms with Crippen molar-refractivity contribution in [2.24, 2.45) is 0 Å². The van der Waals surface area contributed by atoms with E-state index in [2.05, 4.69) is 48.5 Å². The molecule has 0 aliphatic carbocycles. The van der Waals surface area contributed by atoms with E-state index in [0.717, 1.165) is 33.4 Å². The normalized spacial score (nSPS) is 13.1. The van der Waals surface area contributed by atoms with Gasteiger partial charge in [0.15, 0.2) is 12.2 Å². The van der Waals surface area contributed by atoms with Crippen LogP contribution in [0.3, 0.4) is 0 Å². The Hall–Kier alpha value is -8.65. The number of para-hydroxylation sites is 2. The molecule has 0 bridgehead atoms. The molecule has 0 fully saturated rings. The fraction of sp³-hybridized carbons (Fsp3) is 0.319. The van der Waals surface area contributed by atoms with Crippen LogP contribution in [0.25, 0.3) is 0 Å². The average molecular weight is 1150 g/mol. The van der Waals surface area contributed by atoms with E-state index in [4.69, 9.17) is 47.4 Å². The Morgan fingerprint density at radius 3 is 0.800 bits per heavy atom. The van der Waals surface area contributed by atoms with Crippen molar-refractivity contribution < 1.29 is 62.4 Å². The molecule has 13 nitrogen and oxygen atoms in total. The molecular formula is C72H80O13. The first kappa shape index (κ1) is 62.4. The van der Waals surface area contributed by atoms with Crippen LogP contribution in [0.1, 0.15) is 81.8 Å². The number of hydrogen-bond acceptors (Lipinski definition) is 13. The highest BCUT2D eigenvalue weighted by molar-refractivity contribution is 5.60. The predicted octanol–water partition coefficient (Wildman–Crippen LogP) is 14.1. The minimum Gasteiger partial charge on any atom is -0.491 e. The van der Waals surface area contributed by atoms with Crippen molar-refractivity contribution in [3.63, 3.8) is 0 Å². The monoisotopic (exact) mass is 1150 g/mol. The largest absolute Gasteiger partial charge is 0.509 e. The lowest BCUT2D eigenvalue weighted by Crippen LogP contribution is -2.36. The molecule has 4 unspecified atom stereocenters. The summed E-state index contributed by atoms with van der Waals surface area (Å²) < 4.78 is 60.0. The minimum absolute atomic E-state index is 0.0165. The number of carbonyl (C=O) groups is 1. The maximum atomic E-state index is 13.9. The van der Waals surface area contributed by atoms with Crippen LogP contribution in [0.2, 0.25) is 0 Å². The maximum Gasteiger partial charge on any atom is 0.509 e. The van der Waals surface area contributed by atoms with Crippen LogP contribution in [-0.4, -0.2) is 93.6 Å². The molecule has 0 heterocycles. The molecule has 0 aliphatic heterocycles. The van der Waals surface area contributed by atoms with E-state index in [1.165, 1.54) is 0 Å². The van der Waals surface area contributed by atoms with Crippen LogP contribution < -0.4 is 37.9 Å². The molecule has 0 saturated carbocycles. The average Bonchev–Trinajstić information content (AvgIpc) is 3.72. The van der Waals surface area contributed by atoms with Gasteiger partial charge in [-0.1, -0.05) is 163 Å². The molecule has 2 N–H and O–H groups in total. The van der Waals surface area contributed by atoms with E-state index in [1.807, 2.05) is 213 Å². The molecule has 13 heteroatoms. The third kappa shape index (κ3) is 19.2. The predicted molar refractivity (Wildman–Crippen MR) is 330 cm³/mol. The second-order valence-electron chi connectivity index (χ2n) is 23.1. The van der Waals surface area contributed by atoms with Gasteiger partial charge in [0.25, 0.3) is 0 Å². The maximum absolute atomic E-state index is 13.9. The van der Waals surface area contributed by atoms with E-state index < -0.39 is 30.6 Å². The molecule has 0 amide bonds. The first-order valence-electron chi connectivity index (χ1n) is 28.8. The smallest absolute Gasteiger partial charge is 0.491 e. The number of ether oxygens (including phenoxy) is 10. The summed E-state index contributed by atoms with van der Waals surface area (Å²) in [6, 6.07) is 65.5. The topological polar surface area (TPSA) is 150 Å². The Bertz CT molecular complexity index is 3230. The van der Waals surface area contributed by atoms with Gasteiger partial charge in [0.1, 0.15) is 111 Å². The Labute approximate surface area is 500 Å². The third-order valence-corrected chi connectivity index (χ3v) is 14.6. The lowest BCUT2D eigenvalue weighted by atomic mass is 9.78. The lowest BCUT2D eigenvalue weighted by Gasteiger charge is -2.27. The molecule has 8 aromatic carbocycles. The summed E-state index contributed by atoms with van der Waals surface area (Å²) in [6.07, 6.45) is -4.30. The summed E-state index contributed by atoms with van der Waals surface area (Å²) in [5, 5.41) is 20.9. The molecule has 0 spiro atoms. The molecule has 0 aliphatic rings. The number of aliphatic hydroxyl groups excluding tert-OH is 2. The molecule has 446 valence electrons. The molecule has 0 saturated heterocycles. The van der Waals surface area contributed by atoms with Gasteiger partial charge < -0.3 is 57.6 Å². The summed E-state index contributed by atoms with van der Waals surface area (Å²) >= 11 is 0. The van der Waals surface area contributed by atoms with Gasteiger partial charge >= 0.3 is 6.16 Å². The SMILES string of the molecule is Cc1ccc(OCC(COc2ccc(C(C)(C)c3ccc(OCC(O)COc4ccccc4)cc3)cc2)OC(=O)OC(COc2ccc(C(C)(C)C)cc2)COc2ccc(C(C)(C)c3ccc(OCC(O)COc4ccccc4)cc3)cc2)cc1. The Balaban J connectivity index is 0.878. The van der Waals surface area contributed by atoms with E-state index in [0.29, 0.717) is 46.0 Å². The van der Waals surface area contributed by atoms with Gasteiger partial charge in [-0.05, 0) is 137 Å². The van der Waals surface area contributed by atoms with Crippen molar-refractivity contribution in [2.45, 2.75) is 96.1 Å². The molecule has 0 radical (unpaired) electrons. The molecule has 8 rings (SSSR count). The number of benzene rings is 8. The Kier molecular flexibility index (Phi) is 21.8. The standard InChI is InChI=1S/C72H80O13/c1-51-19-31-61(32-20-51)80-47-67(49-82-65-39-27-55(28-40-65)71(5,6)53-23-35-62(36-24-53)78-45-57(73)43-76-59-15-11-9-12-16-59)84-69(75)85-68(48-81-64-33-21-52(22-34-64)70(2,3)4)50-83-66-41-29-56(30-42-66)72(7,8)54-25-37-63(38-26-54)79-46-58(74)44-77-60-17-13-10-14-18-60/h9-42,57-58,67-68,73-74H,43-50H2,1-8H3. The minimum atomic E-state index is -0.940. The highest BCUT2D eigenvalue weighted by Crippen LogP contribution is 2.35. The highest BCUT2D eigenvalue weighted by atomic mass is 16.7. The fourth-order valence-corrected chi connectivity index (χ4v) is 9.08. The van der Waals surface area contributed by atoms with Crippen molar-refractivity contribution in [1.29, 1.82) is 0 Å². The zero-order valence-corrected chi connectivity index (χ0v) is 50.0. The van der Waals surface area contributed by atoms with Gasteiger partial charge in [0.2, 0.25) is 0 Å². The van der Waals surface area contributed by atoms with Crippen molar-refractivity contribution in [2.75, 3.05) is 52.9 Å². The Morgan fingerprint density at radius 1 is 0.318 bits per heavy atom. The quantitative estimate of drug-likeness (QED) is 0.0412. The molecule has 85 heavy (non-hydrogen) atoms. The second kappa shape index (κ2) is 29.7. The van der Waals surface area contributed by atoms with Crippen molar-refractivity contribution in [1.82, 2.24) is 0 Å². The van der Waals surface area contributed by atoms with Gasteiger partial charge in [-0.3, -0.25) is 0 Å². The number of aliphatic hydroxyl groups is 2. The van der Waals surface area contributed by atoms with Gasteiger partial charge in [-0.2, -0.15) is 0 Å². The molecule has 4 atom stereocenters. The summed E-state index contributed by atoms with van der Waals surface area (Å²) in [5.74, 6) is 5.03. The second-order valence-corrected chi connectivity index (χ2v) is 23.1. The number of carbonyl (C=O) groups excluding carboxylic acids is 1.